The largest absolute Gasteiger partial charge is 0.480 e. The Kier molecular flexibility index (Phi) is 5.65. The van der Waals surface area contributed by atoms with E-state index in [4.69, 9.17) is 20.0 Å². The summed E-state index contributed by atoms with van der Waals surface area (Å²) in [6.45, 7) is -0.902. The second-order valence-electron chi connectivity index (χ2n) is 4.67. The zero-order valence-electron chi connectivity index (χ0n) is 11.1. The van der Waals surface area contributed by atoms with Gasteiger partial charge < -0.3 is 24.9 Å². The number of carbonyl (C=O) groups is 3. The van der Waals surface area contributed by atoms with E-state index in [-0.39, 0.29) is 24.0 Å². The van der Waals surface area contributed by atoms with Crippen LogP contribution in [0.25, 0.3) is 0 Å². The molecule has 9 nitrogen and oxygen atoms in total. The topological polar surface area (TPSA) is 152 Å². The number of hydrogen-bond donors (Lipinski definition) is 4. The molecule has 0 heterocycles. The standard InChI is InChI=1S/C11H16NO8P/c13-9(14)5-12(6-21(18,19)20)10(15)7-3-1-2-4-8(7)11(16)17/h1-6H2,(H,13,14)(H,16,17)(H2,18,19,20). The molecule has 0 radical (unpaired) electrons. The third-order valence-corrected chi connectivity index (χ3v) is 3.66. The number of carboxylic acids is 2. The van der Waals surface area contributed by atoms with Crippen molar-refractivity contribution in [3.8, 4) is 0 Å². The van der Waals surface area contributed by atoms with E-state index in [2.05, 4.69) is 0 Å². The number of amides is 1. The summed E-state index contributed by atoms with van der Waals surface area (Å²) < 4.78 is 11.0. The molecular formula is C11H16NO8P. The maximum absolute atomic E-state index is 12.2. The van der Waals surface area contributed by atoms with Crippen LogP contribution in [-0.2, 0) is 18.9 Å². The first-order chi connectivity index (χ1) is 9.61. The molecule has 1 aliphatic carbocycles. The van der Waals surface area contributed by atoms with E-state index in [9.17, 15) is 18.9 Å². The van der Waals surface area contributed by atoms with Gasteiger partial charge in [-0.05, 0) is 25.7 Å². The highest BCUT2D eigenvalue weighted by Gasteiger charge is 2.31. The van der Waals surface area contributed by atoms with Crippen LogP contribution in [0, 0.1) is 0 Å². The van der Waals surface area contributed by atoms with Crippen LogP contribution in [0.2, 0.25) is 0 Å². The fraction of sp³-hybridized carbons (Fsp3) is 0.545. The van der Waals surface area contributed by atoms with Crippen molar-refractivity contribution in [2.45, 2.75) is 25.7 Å². The van der Waals surface area contributed by atoms with Gasteiger partial charge in [0.15, 0.2) is 0 Å². The fourth-order valence-electron chi connectivity index (χ4n) is 2.14. The summed E-state index contributed by atoms with van der Waals surface area (Å²) in [6.07, 6.45) is 0.421. The summed E-state index contributed by atoms with van der Waals surface area (Å²) in [5.41, 5.74) is -0.198. The Morgan fingerprint density at radius 3 is 2.00 bits per heavy atom. The summed E-state index contributed by atoms with van der Waals surface area (Å²) >= 11 is 0. The van der Waals surface area contributed by atoms with Crippen molar-refractivity contribution >= 4 is 25.4 Å². The van der Waals surface area contributed by atoms with Crippen LogP contribution in [0.15, 0.2) is 11.1 Å². The molecule has 0 spiro atoms. The average Bonchev–Trinajstić information content (AvgIpc) is 2.34. The average molecular weight is 321 g/mol. The number of nitrogens with zero attached hydrogens (tertiary/aromatic N) is 1. The lowest BCUT2D eigenvalue weighted by Gasteiger charge is -2.25. The molecule has 1 amide bonds. The van der Waals surface area contributed by atoms with Gasteiger partial charge in [0.25, 0.3) is 5.91 Å². The molecule has 1 aliphatic rings. The van der Waals surface area contributed by atoms with Crippen LogP contribution in [0.3, 0.4) is 0 Å². The van der Waals surface area contributed by atoms with Gasteiger partial charge in [-0.1, -0.05) is 0 Å². The Morgan fingerprint density at radius 1 is 1.05 bits per heavy atom. The highest BCUT2D eigenvalue weighted by molar-refractivity contribution is 7.51. The molecule has 0 aliphatic heterocycles. The van der Waals surface area contributed by atoms with Crippen molar-refractivity contribution in [1.82, 2.24) is 4.90 Å². The molecular weight excluding hydrogens is 305 g/mol. The van der Waals surface area contributed by atoms with E-state index in [1.165, 1.54) is 0 Å². The zero-order valence-corrected chi connectivity index (χ0v) is 12.0. The highest BCUT2D eigenvalue weighted by Crippen LogP contribution is 2.36. The van der Waals surface area contributed by atoms with E-state index in [0.717, 1.165) is 0 Å². The second kappa shape index (κ2) is 6.84. The maximum Gasteiger partial charge on any atom is 0.344 e. The van der Waals surface area contributed by atoms with E-state index in [1.54, 1.807) is 0 Å². The van der Waals surface area contributed by atoms with Crippen LogP contribution >= 0.6 is 7.60 Å². The molecule has 118 valence electrons. The van der Waals surface area contributed by atoms with Gasteiger partial charge in [-0.3, -0.25) is 14.2 Å². The van der Waals surface area contributed by atoms with Crippen molar-refractivity contribution in [3.63, 3.8) is 0 Å². The molecule has 0 saturated heterocycles. The van der Waals surface area contributed by atoms with Gasteiger partial charge in [-0.25, -0.2) is 4.79 Å². The SMILES string of the molecule is O=C(O)CN(CP(=O)(O)O)C(=O)C1=C(C(=O)O)CCCC1. The second-order valence-corrected chi connectivity index (χ2v) is 6.28. The molecule has 10 heteroatoms. The molecule has 1 rings (SSSR count). The number of hydrogen-bond acceptors (Lipinski definition) is 4. The van der Waals surface area contributed by atoms with Gasteiger partial charge in [0.1, 0.15) is 12.8 Å². The molecule has 0 atom stereocenters. The van der Waals surface area contributed by atoms with Gasteiger partial charge in [0.05, 0.1) is 0 Å². The van der Waals surface area contributed by atoms with Gasteiger partial charge in [0.2, 0.25) is 0 Å². The van der Waals surface area contributed by atoms with Crippen molar-refractivity contribution in [1.29, 1.82) is 0 Å². The fourth-order valence-corrected chi connectivity index (χ4v) is 2.81. The quantitative estimate of drug-likeness (QED) is 0.498. The third-order valence-electron chi connectivity index (χ3n) is 2.95. The predicted molar refractivity (Wildman–Crippen MR) is 69.4 cm³/mol. The molecule has 0 saturated carbocycles. The van der Waals surface area contributed by atoms with Crippen LogP contribution < -0.4 is 0 Å². The van der Waals surface area contributed by atoms with E-state index in [0.29, 0.717) is 17.7 Å². The van der Waals surface area contributed by atoms with Crippen molar-refractivity contribution in [3.05, 3.63) is 11.1 Å². The third kappa shape index (κ3) is 5.30. The number of carboxylic acid groups (broad SMARTS) is 2. The minimum Gasteiger partial charge on any atom is -0.480 e. The molecule has 4 N–H and O–H groups in total. The summed E-state index contributed by atoms with van der Waals surface area (Å²) in [5.74, 6) is -3.66. The molecule has 0 fully saturated rings. The summed E-state index contributed by atoms with van der Waals surface area (Å²) in [6, 6.07) is 0. The van der Waals surface area contributed by atoms with Crippen LogP contribution in [0.4, 0.5) is 0 Å². The first-order valence-corrected chi connectivity index (χ1v) is 7.92. The predicted octanol–water partition coefficient (Wildman–Crippen LogP) is -0.0100. The van der Waals surface area contributed by atoms with Gasteiger partial charge in [-0.15, -0.1) is 0 Å². The van der Waals surface area contributed by atoms with Crippen molar-refractivity contribution in [2.75, 3.05) is 12.8 Å². The number of aliphatic carboxylic acids is 2. The van der Waals surface area contributed by atoms with E-state index < -0.39 is 38.3 Å². The minimum absolute atomic E-state index is 0.0801. The smallest absolute Gasteiger partial charge is 0.344 e. The Morgan fingerprint density at radius 2 is 1.57 bits per heavy atom. The first kappa shape index (κ1) is 17.4. The van der Waals surface area contributed by atoms with Crippen LogP contribution in [-0.4, -0.2) is 55.6 Å². The number of carbonyl (C=O) groups excluding carboxylic acids is 1. The Labute approximate surface area is 120 Å². The molecule has 0 unspecified atom stereocenters. The number of rotatable bonds is 6. The van der Waals surface area contributed by atoms with Crippen molar-refractivity contribution < 1.29 is 38.9 Å². The molecule has 0 aromatic rings. The molecule has 0 aromatic carbocycles. The van der Waals surface area contributed by atoms with Gasteiger partial charge in [0, 0.05) is 11.1 Å². The lowest BCUT2D eigenvalue weighted by atomic mass is 9.91. The summed E-state index contributed by atoms with van der Waals surface area (Å²) in [7, 11) is -4.65. The lowest BCUT2D eigenvalue weighted by molar-refractivity contribution is -0.142. The van der Waals surface area contributed by atoms with Gasteiger partial charge in [-0.2, -0.15) is 0 Å². The van der Waals surface area contributed by atoms with Crippen LogP contribution in [0.5, 0.6) is 0 Å². The first-order valence-electron chi connectivity index (χ1n) is 6.13. The summed E-state index contributed by atoms with van der Waals surface area (Å²) in [4.78, 5) is 52.4. The zero-order chi connectivity index (χ0) is 16.2. The normalized spacial score (nSPS) is 15.7. The summed E-state index contributed by atoms with van der Waals surface area (Å²) in [5, 5.41) is 17.8. The molecule has 0 bridgehead atoms. The Bertz CT molecular complexity index is 534. The lowest BCUT2D eigenvalue weighted by Crippen LogP contribution is -2.38. The Hall–Kier alpha value is -1.70. The minimum atomic E-state index is -4.65. The molecule has 0 aromatic heterocycles. The van der Waals surface area contributed by atoms with Gasteiger partial charge >= 0.3 is 19.5 Å². The van der Waals surface area contributed by atoms with E-state index >= 15 is 0 Å². The Balaban J connectivity index is 3.11. The maximum atomic E-state index is 12.2. The molecule has 21 heavy (non-hydrogen) atoms. The monoisotopic (exact) mass is 321 g/mol. The van der Waals surface area contributed by atoms with E-state index in [1.807, 2.05) is 0 Å². The highest BCUT2D eigenvalue weighted by atomic mass is 31.2. The van der Waals surface area contributed by atoms with Crippen molar-refractivity contribution in [2.24, 2.45) is 0 Å². The van der Waals surface area contributed by atoms with Crippen LogP contribution in [0.1, 0.15) is 25.7 Å².